The van der Waals surface area contributed by atoms with Crippen LogP contribution < -0.4 is 10.9 Å². The quantitative estimate of drug-likeness (QED) is 0.713. The van der Waals surface area contributed by atoms with E-state index in [1.807, 2.05) is 0 Å². The van der Waals surface area contributed by atoms with Gasteiger partial charge in [0, 0.05) is 11.3 Å². The largest absolute Gasteiger partial charge is 0.506 e. The number of hydrogen-bond donors (Lipinski definition) is 3. The van der Waals surface area contributed by atoms with Crippen LogP contribution in [0.15, 0.2) is 11.4 Å². The van der Waals surface area contributed by atoms with Crippen molar-refractivity contribution in [1.29, 1.82) is 0 Å². The second-order valence-corrected chi connectivity index (χ2v) is 4.59. The van der Waals surface area contributed by atoms with Gasteiger partial charge in [-0.1, -0.05) is 6.58 Å². The molecule has 0 fully saturated rings. The molecule has 8 nitrogen and oxygen atoms in total. The Labute approximate surface area is 119 Å². The summed E-state index contributed by atoms with van der Waals surface area (Å²) in [6, 6.07) is 0. The van der Waals surface area contributed by atoms with Gasteiger partial charge in [-0.05, 0) is 6.92 Å². The van der Waals surface area contributed by atoms with Crippen molar-refractivity contribution >= 4 is 17.6 Å². The minimum Gasteiger partial charge on any atom is -0.506 e. The van der Waals surface area contributed by atoms with Gasteiger partial charge in [-0.2, -0.15) is 0 Å². The molecule has 21 heavy (non-hydrogen) atoms. The summed E-state index contributed by atoms with van der Waals surface area (Å²) in [5.41, 5.74) is -0.123. The number of carboxylic acids is 1. The highest BCUT2D eigenvalue weighted by atomic mass is 16.5. The van der Waals surface area contributed by atoms with E-state index in [0.29, 0.717) is 17.0 Å². The van der Waals surface area contributed by atoms with Gasteiger partial charge in [0.2, 0.25) is 0 Å². The van der Waals surface area contributed by atoms with Crippen LogP contribution in [-0.2, 0) is 22.7 Å². The molecule has 0 bridgehead atoms. The highest BCUT2D eigenvalue weighted by Gasteiger charge is 2.29. The predicted octanol–water partition coefficient (Wildman–Crippen LogP) is -0.111. The zero-order valence-corrected chi connectivity index (χ0v) is 11.3. The normalized spacial score (nSPS) is 12.8. The van der Waals surface area contributed by atoms with Gasteiger partial charge >= 0.3 is 5.97 Å². The smallest absolute Gasteiger partial charge is 0.322 e. The number of amides is 1. The van der Waals surface area contributed by atoms with E-state index >= 15 is 0 Å². The van der Waals surface area contributed by atoms with Crippen molar-refractivity contribution in [2.45, 2.75) is 20.1 Å². The van der Waals surface area contributed by atoms with E-state index < -0.39 is 35.3 Å². The molecule has 0 saturated carbocycles. The van der Waals surface area contributed by atoms with Crippen LogP contribution in [0, 0.1) is 0 Å². The van der Waals surface area contributed by atoms with E-state index in [-0.39, 0.29) is 13.2 Å². The van der Waals surface area contributed by atoms with E-state index in [4.69, 9.17) is 9.84 Å². The number of carboxylic acid groups (broad SMARTS) is 1. The average Bonchev–Trinajstić information content (AvgIpc) is 2.85. The summed E-state index contributed by atoms with van der Waals surface area (Å²) in [5.74, 6) is -2.69. The monoisotopic (exact) mass is 294 g/mol. The van der Waals surface area contributed by atoms with E-state index in [1.165, 1.54) is 4.57 Å². The third kappa shape index (κ3) is 2.52. The number of nitrogens with one attached hydrogen (secondary N) is 1. The Bertz CT molecular complexity index is 704. The first-order chi connectivity index (χ1) is 9.84. The number of carbonyl (C=O) groups excluding carboxylic acids is 1. The van der Waals surface area contributed by atoms with Crippen molar-refractivity contribution in [1.82, 2.24) is 9.88 Å². The Hall–Kier alpha value is -2.61. The minimum absolute atomic E-state index is 0.0634. The van der Waals surface area contributed by atoms with Crippen molar-refractivity contribution < 1.29 is 24.5 Å². The van der Waals surface area contributed by atoms with Gasteiger partial charge in [-0.3, -0.25) is 19.0 Å². The molecule has 2 rings (SSSR count). The SMILES string of the molecule is C=C(C)n1c2c(c(O)c(C(=O)NCC(=O)O)c1=O)COC2. The Balaban J connectivity index is 2.59. The summed E-state index contributed by atoms with van der Waals surface area (Å²) in [7, 11) is 0. The zero-order chi connectivity index (χ0) is 15.7. The molecule has 0 radical (unpaired) electrons. The molecule has 0 aromatic carbocycles. The zero-order valence-electron chi connectivity index (χ0n) is 11.3. The van der Waals surface area contributed by atoms with Crippen molar-refractivity contribution in [3.63, 3.8) is 0 Å². The van der Waals surface area contributed by atoms with Gasteiger partial charge in [-0.25, -0.2) is 0 Å². The fourth-order valence-corrected chi connectivity index (χ4v) is 2.16. The van der Waals surface area contributed by atoms with Crippen molar-refractivity contribution in [3.05, 3.63) is 33.8 Å². The molecule has 0 atom stereocenters. The lowest BCUT2D eigenvalue weighted by Crippen LogP contribution is -2.36. The number of aromatic hydroxyl groups is 1. The first kappa shape index (κ1) is 14.8. The molecule has 0 aliphatic carbocycles. The molecule has 0 saturated heterocycles. The molecule has 0 unspecified atom stereocenters. The second kappa shape index (κ2) is 5.41. The van der Waals surface area contributed by atoms with Crippen LogP contribution in [0.3, 0.4) is 0 Å². The molecule has 1 aliphatic heterocycles. The molecule has 1 amide bonds. The molecule has 0 spiro atoms. The minimum atomic E-state index is -1.26. The standard InChI is InChI=1S/C13H14N2O6/c1-6(2)15-8-5-21-4-7(8)11(18)10(13(15)20)12(19)14-3-9(16)17/h18H,1,3-5H2,2H3,(H,14,19)(H,16,17). The maximum absolute atomic E-state index is 12.4. The van der Waals surface area contributed by atoms with Crippen LogP contribution in [0.2, 0.25) is 0 Å². The molecular formula is C13H14N2O6. The average molecular weight is 294 g/mol. The second-order valence-electron chi connectivity index (χ2n) is 4.59. The molecule has 112 valence electrons. The maximum atomic E-state index is 12.4. The molecule has 1 aromatic rings. The third-order valence-corrected chi connectivity index (χ3v) is 3.05. The van der Waals surface area contributed by atoms with Crippen molar-refractivity contribution in [3.8, 4) is 5.75 Å². The number of fused-ring (bicyclic) bond motifs is 1. The summed E-state index contributed by atoms with van der Waals surface area (Å²) in [4.78, 5) is 34.8. The van der Waals surface area contributed by atoms with Gasteiger partial charge in [0.05, 0.1) is 18.9 Å². The Kier molecular flexibility index (Phi) is 3.81. The Morgan fingerprint density at radius 3 is 2.67 bits per heavy atom. The van der Waals surface area contributed by atoms with Crippen LogP contribution >= 0.6 is 0 Å². The summed E-state index contributed by atoms with van der Waals surface area (Å²) >= 11 is 0. The summed E-state index contributed by atoms with van der Waals surface area (Å²) in [6.45, 7) is 4.78. The van der Waals surface area contributed by atoms with Gasteiger partial charge in [-0.15, -0.1) is 0 Å². The molecule has 2 heterocycles. The van der Waals surface area contributed by atoms with Gasteiger partial charge in [0.1, 0.15) is 17.9 Å². The van der Waals surface area contributed by atoms with E-state index in [1.54, 1.807) is 6.92 Å². The number of rotatable bonds is 4. The fourth-order valence-electron chi connectivity index (χ4n) is 2.16. The maximum Gasteiger partial charge on any atom is 0.322 e. The predicted molar refractivity (Wildman–Crippen MR) is 71.8 cm³/mol. The number of hydrogen-bond acceptors (Lipinski definition) is 5. The van der Waals surface area contributed by atoms with Crippen LogP contribution in [0.1, 0.15) is 28.5 Å². The lowest BCUT2D eigenvalue weighted by Gasteiger charge is -2.14. The van der Waals surface area contributed by atoms with Crippen LogP contribution in [0.4, 0.5) is 0 Å². The number of aliphatic carboxylic acids is 1. The molecule has 1 aliphatic rings. The molecule has 1 aromatic heterocycles. The summed E-state index contributed by atoms with van der Waals surface area (Å²) < 4.78 is 6.38. The van der Waals surface area contributed by atoms with Gasteiger partial charge in [0.15, 0.2) is 0 Å². The fraction of sp³-hybridized carbons (Fsp3) is 0.308. The number of pyridine rings is 1. The molecular weight excluding hydrogens is 280 g/mol. The van der Waals surface area contributed by atoms with Crippen LogP contribution in [-0.4, -0.2) is 33.2 Å². The molecule has 8 heteroatoms. The third-order valence-electron chi connectivity index (χ3n) is 3.05. The molecule has 3 N–H and O–H groups in total. The number of ether oxygens (including phenoxy) is 1. The highest BCUT2D eigenvalue weighted by molar-refractivity contribution is 5.98. The number of nitrogens with zero attached hydrogens (tertiary/aromatic N) is 1. The Morgan fingerprint density at radius 1 is 1.43 bits per heavy atom. The number of allylic oxidation sites excluding steroid dienone is 1. The van der Waals surface area contributed by atoms with E-state index in [0.717, 1.165) is 0 Å². The van der Waals surface area contributed by atoms with Gasteiger partial charge < -0.3 is 20.3 Å². The van der Waals surface area contributed by atoms with Crippen LogP contribution in [0.25, 0.3) is 5.70 Å². The topological polar surface area (TPSA) is 118 Å². The van der Waals surface area contributed by atoms with Crippen molar-refractivity contribution in [2.75, 3.05) is 6.54 Å². The van der Waals surface area contributed by atoms with Crippen molar-refractivity contribution in [2.24, 2.45) is 0 Å². The first-order valence-electron chi connectivity index (χ1n) is 6.08. The van der Waals surface area contributed by atoms with Gasteiger partial charge in [0.25, 0.3) is 11.5 Å². The summed E-state index contributed by atoms with van der Waals surface area (Å²) in [6.07, 6.45) is 0. The highest BCUT2D eigenvalue weighted by Crippen LogP contribution is 2.30. The van der Waals surface area contributed by atoms with Crippen LogP contribution in [0.5, 0.6) is 5.75 Å². The summed E-state index contributed by atoms with van der Waals surface area (Å²) in [5, 5.41) is 20.7. The Morgan fingerprint density at radius 2 is 2.10 bits per heavy atom. The number of aromatic nitrogens is 1. The lowest BCUT2D eigenvalue weighted by atomic mass is 10.1. The lowest BCUT2D eigenvalue weighted by molar-refractivity contribution is -0.135. The van der Waals surface area contributed by atoms with E-state index in [2.05, 4.69) is 11.9 Å². The van der Waals surface area contributed by atoms with E-state index in [9.17, 15) is 19.5 Å². The number of carbonyl (C=O) groups is 2. The first-order valence-corrected chi connectivity index (χ1v) is 6.08.